The minimum Gasteiger partial charge on any atom is -0.485 e. The number of aliphatic hydroxyl groups excluding tert-OH is 2. The van der Waals surface area contributed by atoms with Gasteiger partial charge in [-0.15, -0.1) is 0 Å². The van der Waals surface area contributed by atoms with Gasteiger partial charge >= 0.3 is 0 Å². The van der Waals surface area contributed by atoms with Gasteiger partial charge in [0.15, 0.2) is 6.10 Å². The van der Waals surface area contributed by atoms with Crippen LogP contribution in [0.1, 0.15) is 34.8 Å². The average molecular weight is 248 g/mol. The third-order valence-electron chi connectivity index (χ3n) is 4.36. The number of hydrogen-bond acceptors (Lipinski definition) is 4. The third kappa shape index (κ3) is 1.25. The number of ether oxygens (including phenoxy) is 2. The van der Waals surface area contributed by atoms with Gasteiger partial charge in [-0.25, -0.2) is 0 Å². The molecule has 4 heteroatoms. The van der Waals surface area contributed by atoms with Crippen LogP contribution in [0.15, 0.2) is 6.07 Å². The highest BCUT2D eigenvalue weighted by Gasteiger charge is 2.43. The van der Waals surface area contributed by atoms with Crippen molar-refractivity contribution in [1.82, 2.24) is 0 Å². The Balaban J connectivity index is 1.90. The molecule has 2 N–H and O–H groups in total. The summed E-state index contributed by atoms with van der Waals surface area (Å²) in [5, 5.41) is 19.4. The molecule has 0 bridgehead atoms. The molecular weight excluding hydrogens is 232 g/mol. The van der Waals surface area contributed by atoms with E-state index >= 15 is 0 Å². The molecule has 2 heterocycles. The summed E-state index contributed by atoms with van der Waals surface area (Å²) in [5.41, 5.74) is 4.99. The third-order valence-corrected chi connectivity index (χ3v) is 4.36. The van der Waals surface area contributed by atoms with E-state index in [-0.39, 0.29) is 12.7 Å². The Morgan fingerprint density at radius 1 is 1.28 bits per heavy atom. The summed E-state index contributed by atoms with van der Waals surface area (Å²) in [4.78, 5) is 0. The molecule has 0 fully saturated rings. The van der Waals surface area contributed by atoms with Crippen LogP contribution < -0.4 is 4.74 Å². The van der Waals surface area contributed by atoms with E-state index in [9.17, 15) is 10.2 Å². The number of aliphatic hydroxyl groups is 2. The molecule has 0 aromatic heterocycles. The highest BCUT2D eigenvalue weighted by atomic mass is 16.5. The molecule has 0 radical (unpaired) electrons. The lowest BCUT2D eigenvalue weighted by Gasteiger charge is -2.33. The quantitative estimate of drug-likeness (QED) is 0.774. The number of hydrogen-bond donors (Lipinski definition) is 2. The summed E-state index contributed by atoms with van der Waals surface area (Å²) in [5.74, 6) is 0.803. The van der Waals surface area contributed by atoms with Crippen molar-refractivity contribution in [2.75, 3.05) is 6.61 Å². The van der Waals surface area contributed by atoms with Crippen LogP contribution in [0, 0.1) is 0 Å². The highest BCUT2D eigenvalue weighted by molar-refractivity contribution is 5.55. The van der Waals surface area contributed by atoms with Crippen molar-refractivity contribution in [2.24, 2.45) is 0 Å². The van der Waals surface area contributed by atoms with E-state index in [1.54, 1.807) is 0 Å². The van der Waals surface area contributed by atoms with Crippen LogP contribution in [0.2, 0.25) is 0 Å². The first kappa shape index (κ1) is 10.8. The molecule has 3 atom stereocenters. The van der Waals surface area contributed by atoms with Crippen molar-refractivity contribution < 1.29 is 19.7 Å². The lowest BCUT2D eigenvalue weighted by atomic mass is 9.90. The van der Waals surface area contributed by atoms with Crippen LogP contribution in [0.4, 0.5) is 0 Å². The van der Waals surface area contributed by atoms with Gasteiger partial charge in [0.25, 0.3) is 0 Å². The first-order valence-corrected chi connectivity index (χ1v) is 6.54. The van der Waals surface area contributed by atoms with Crippen molar-refractivity contribution in [3.8, 4) is 5.75 Å². The highest BCUT2D eigenvalue weighted by Crippen LogP contribution is 2.48. The predicted molar refractivity (Wildman–Crippen MR) is 63.5 cm³/mol. The Kier molecular flexibility index (Phi) is 2.22. The molecule has 1 aromatic rings. The fourth-order valence-electron chi connectivity index (χ4n) is 3.49. The summed E-state index contributed by atoms with van der Waals surface area (Å²) in [6.45, 7) is 0.377. The molecular formula is C14H16O4. The van der Waals surface area contributed by atoms with Crippen molar-refractivity contribution in [2.45, 2.75) is 44.2 Å². The zero-order valence-corrected chi connectivity index (χ0v) is 10.1. The predicted octanol–water partition coefficient (Wildman–Crippen LogP) is 0.861. The first-order valence-electron chi connectivity index (χ1n) is 6.54. The van der Waals surface area contributed by atoms with E-state index in [0.717, 1.165) is 24.2 Å². The van der Waals surface area contributed by atoms with E-state index in [0.29, 0.717) is 6.61 Å². The summed E-state index contributed by atoms with van der Waals surface area (Å²) in [6, 6.07) is 2.08. The molecule has 1 aliphatic carbocycles. The van der Waals surface area contributed by atoms with Crippen molar-refractivity contribution in [1.29, 1.82) is 0 Å². The van der Waals surface area contributed by atoms with E-state index in [1.807, 2.05) is 0 Å². The van der Waals surface area contributed by atoms with E-state index in [2.05, 4.69) is 6.07 Å². The molecule has 4 rings (SSSR count). The summed E-state index contributed by atoms with van der Waals surface area (Å²) in [7, 11) is 0. The monoisotopic (exact) mass is 248 g/mol. The normalized spacial score (nSPS) is 32.0. The molecule has 4 nitrogen and oxygen atoms in total. The Morgan fingerprint density at radius 3 is 3.00 bits per heavy atom. The van der Waals surface area contributed by atoms with E-state index < -0.39 is 12.2 Å². The number of rotatable bonds is 1. The van der Waals surface area contributed by atoms with Gasteiger partial charge in [0, 0.05) is 5.56 Å². The fourth-order valence-corrected chi connectivity index (χ4v) is 3.49. The molecule has 96 valence electrons. The van der Waals surface area contributed by atoms with Gasteiger partial charge in [-0.05, 0) is 42.0 Å². The molecule has 0 saturated carbocycles. The zero-order valence-electron chi connectivity index (χ0n) is 10.1. The van der Waals surface area contributed by atoms with Gasteiger partial charge in [-0.2, -0.15) is 0 Å². The summed E-state index contributed by atoms with van der Waals surface area (Å²) < 4.78 is 11.5. The standard InChI is InChI=1S/C14H16O4/c15-5-11-13(16)14-12-9(6-17-14)8-3-1-2-7(8)4-10(12)18-11/h4,11,13-16H,1-3,5-6H2/t11-,13+,14-/m1/s1. The number of benzene rings is 1. The SMILES string of the molecule is OC[C@H]1Oc2cc3c(c4c2[C@@H](OC4)[C@H]1O)CCC3. The van der Waals surface area contributed by atoms with Gasteiger partial charge in [-0.1, -0.05) is 0 Å². The molecule has 18 heavy (non-hydrogen) atoms. The second kappa shape index (κ2) is 3.70. The maximum Gasteiger partial charge on any atom is 0.150 e. The Labute approximate surface area is 105 Å². The Hall–Kier alpha value is -1.10. The van der Waals surface area contributed by atoms with Crippen LogP contribution in [0.5, 0.6) is 5.75 Å². The van der Waals surface area contributed by atoms with E-state index in [4.69, 9.17) is 9.47 Å². The van der Waals surface area contributed by atoms with E-state index in [1.165, 1.54) is 23.1 Å². The summed E-state index contributed by atoms with van der Waals surface area (Å²) >= 11 is 0. The van der Waals surface area contributed by atoms with Crippen LogP contribution in [-0.2, 0) is 24.2 Å². The molecule has 0 unspecified atom stereocenters. The van der Waals surface area contributed by atoms with Gasteiger partial charge in [0.1, 0.15) is 18.0 Å². The zero-order chi connectivity index (χ0) is 12.3. The largest absolute Gasteiger partial charge is 0.485 e. The lowest BCUT2D eigenvalue weighted by molar-refractivity contribution is -0.103. The van der Waals surface area contributed by atoms with Gasteiger partial charge in [0.2, 0.25) is 0 Å². The van der Waals surface area contributed by atoms with Crippen LogP contribution in [0.25, 0.3) is 0 Å². The van der Waals surface area contributed by atoms with Crippen molar-refractivity contribution in [3.63, 3.8) is 0 Å². The maximum absolute atomic E-state index is 10.1. The number of aryl methyl sites for hydroxylation is 1. The smallest absolute Gasteiger partial charge is 0.150 e. The molecule has 3 aliphatic rings. The Bertz CT molecular complexity index is 511. The molecule has 0 amide bonds. The average Bonchev–Trinajstić information content (AvgIpc) is 2.99. The van der Waals surface area contributed by atoms with Crippen LogP contribution in [-0.4, -0.2) is 29.0 Å². The molecule has 0 saturated heterocycles. The fraction of sp³-hybridized carbons (Fsp3) is 0.571. The second-order valence-electron chi connectivity index (χ2n) is 5.32. The topological polar surface area (TPSA) is 58.9 Å². The first-order chi connectivity index (χ1) is 8.79. The Morgan fingerprint density at radius 2 is 2.17 bits per heavy atom. The van der Waals surface area contributed by atoms with Gasteiger partial charge in [-0.3, -0.25) is 0 Å². The summed E-state index contributed by atoms with van der Waals surface area (Å²) in [6.07, 6.45) is 1.70. The van der Waals surface area contributed by atoms with Gasteiger partial charge in [0.05, 0.1) is 13.2 Å². The van der Waals surface area contributed by atoms with Crippen molar-refractivity contribution in [3.05, 3.63) is 28.3 Å². The maximum atomic E-state index is 10.1. The molecule has 2 aliphatic heterocycles. The van der Waals surface area contributed by atoms with Crippen LogP contribution in [0.3, 0.4) is 0 Å². The molecule has 0 spiro atoms. The second-order valence-corrected chi connectivity index (χ2v) is 5.32. The van der Waals surface area contributed by atoms with Crippen LogP contribution >= 0.6 is 0 Å². The molecule has 1 aromatic carbocycles. The lowest BCUT2D eigenvalue weighted by Crippen LogP contribution is -2.42. The van der Waals surface area contributed by atoms with Crippen molar-refractivity contribution >= 4 is 0 Å². The van der Waals surface area contributed by atoms with Gasteiger partial charge < -0.3 is 19.7 Å². The number of fused-ring (bicyclic) bond motifs is 2. The minimum absolute atomic E-state index is 0.188. The minimum atomic E-state index is -0.775.